The zero-order chi connectivity index (χ0) is 32.5. The van der Waals surface area contributed by atoms with Crippen LogP contribution in [0.5, 0.6) is 0 Å². The van der Waals surface area contributed by atoms with E-state index in [0.29, 0.717) is 4.90 Å². The molecule has 2 amide bonds. The maximum atomic E-state index is 13.3. The van der Waals surface area contributed by atoms with Gasteiger partial charge in [0.2, 0.25) is 5.96 Å². The van der Waals surface area contributed by atoms with Crippen LogP contribution in [0.15, 0.2) is 65.7 Å². The third-order valence-corrected chi connectivity index (χ3v) is 17.2. The standard InChI is InChI=1S/C32H51N3O6Si2/c1-31(2,3)42(7,8)40-23-27(24-41-43(9,10)32(4,5)6)34-28(33)35(29(36)38-21-25-17-13-11-14-18-25)30(37)39-22-26-19-15-12-16-20-26/h11-20,27H,21-24H2,1-10H3,(H2,33,34). The van der Waals surface area contributed by atoms with Crippen molar-refractivity contribution in [2.24, 2.45) is 10.7 Å². The average Bonchev–Trinajstić information content (AvgIpc) is 2.92. The molecule has 0 bridgehead atoms. The van der Waals surface area contributed by atoms with Crippen molar-refractivity contribution in [1.29, 1.82) is 0 Å². The molecule has 2 N–H and O–H groups in total. The van der Waals surface area contributed by atoms with Crippen LogP contribution in [0.25, 0.3) is 0 Å². The van der Waals surface area contributed by atoms with Crippen molar-refractivity contribution in [3.63, 3.8) is 0 Å². The van der Waals surface area contributed by atoms with Gasteiger partial charge in [0.25, 0.3) is 0 Å². The number of aliphatic imine (C=N–C) groups is 1. The topological polar surface area (TPSA) is 113 Å². The highest BCUT2D eigenvalue weighted by Gasteiger charge is 2.40. The second-order valence-electron chi connectivity index (χ2n) is 13.7. The lowest BCUT2D eigenvalue weighted by atomic mass is 10.2. The molecular weight excluding hydrogens is 579 g/mol. The largest absolute Gasteiger partial charge is 0.444 e. The highest BCUT2D eigenvalue weighted by atomic mass is 28.4. The smallest absolute Gasteiger partial charge is 0.426 e. The molecular formula is C32H51N3O6Si2. The lowest BCUT2D eigenvalue weighted by Gasteiger charge is -2.39. The van der Waals surface area contributed by atoms with Gasteiger partial charge in [0.1, 0.15) is 13.2 Å². The maximum absolute atomic E-state index is 13.3. The third-order valence-electron chi connectivity index (χ3n) is 8.20. The molecule has 0 unspecified atom stereocenters. The van der Waals surface area contributed by atoms with E-state index in [1.165, 1.54) is 0 Å². The van der Waals surface area contributed by atoms with Crippen molar-refractivity contribution >= 4 is 34.8 Å². The van der Waals surface area contributed by atoms with Crippen LogP contribution >= 0.6 is 0 Å². The van der Waals surface area contributed by atoms with Crippen molar-refractivity contribution < 1.29 is 27.9 Å². The molecule has 0 fully saturated rings. The Kier molecular flexibility index (Phi) is 12.7. The number of hydrogen-bond donors (Lipinski definition) is 1. The molecule has 9 nitrogen and oxygen atoms in total. The van der Waals surface area contributed by atoms with Crippen LogP contribution in [0, 0.1) is 0 Å². The Labute approximate surface area is 260 Å². The fourth-order valence-electron chi connectivity index (χ4n) is 3.24. The first kappa shape index (κ1) is 36.2. The SMILES string of the molecule is CC(C)(C)[Si](C)(C)OCC(CO[Si](C)(C)C(C)(C)C)N=C(N)N(C(=O)OCc1ccccc1)C(=O)OCc1ccccc1. The molecule has 0 atom stereocenters. The Balaban J connectivity index is 2.37. The second kappa shape index (κ2) is 15.1. The molecule has 0 heterocycles. The minimum absolute atomic E-state index is 0.0262. The highest BCUT2D eigenvalue weighted by molar-refractivity contribution is 6.74. The molecule has 0 aliphatic carbocycles. The number of carbonyl (C=O) groups excluding carboxylic acids is 2. The first-order chi connectivity index (χ1) is 19.8. The maximum Gasteiger partial charge on any atom is 0.426 e. The highest BCUT2D eigenvalue weighted by Crippen LogP contribution is 2.38. The summed E-state index contributed by atoms with van der Waals surface area (Å²) in [6.45, 7) is 21.9. The van der Waals surface area contributed by atoms with Crippen molar-refractivity contribution in [3.8, 4) is 0 Å². The summed E-state index contributed by atoms with van der Waals surface area (Å²) < 4.78 is 23.9. The summed E-state index contributed by atoms with van der Waals surface area (Å²) in [5, 5.41) is -0.0523. The predicted octanol–water partition coefficient (Wildman–Crippen LogP) is 7.69. The van der Waals surface area contributed by atoms with E-state index in [2.05, 4.69) is 72.7 Å². The third kappa shape index (κ3) is 11.2. The van der Waals surface area contributed by atoms with E-state index in [1.54, 1.807) is 0 Å². The van der Waals surface area contributed by atoms with Crippen LogP contribution in [0.2, 0.25) is 36.3 Å². The molecule has 0 saturated heterocycles. The first-order valence-electron chi connectivity index (χ1n) is 14.7. The Bertz CT molecular complexity index is 1120. The molecule has 0 aliphatic heterocycles. The Hall–Kier alpha value is -3.00. The van der Waals surface area contributed by atoms with Crippen molar-refractivity contribution in [2.75, 3.05) is 13.2 Å². The molecule has 0 saturated carbocycles. The summed E-state index contributed by atoms with van der Waals surface area (Å²) in [4.78, 5) is 31.8. The molecule has 0 aliphatic rings. The molecule has 2 rings (SSSR count). The number of guanidine groups is 1. The van der Waals surface area contributed by atoms with E-state index in [-0.39, 0.29) is 42.5 Å². The summed E-state index contributed by atoms with van der Waals surface area (Å²) >= 11 is 0. The van der Waals surface area contributed by atoms with Gasteiger partial charge in [-0.3, -0.25) is 0 Å². The Morgan fingerprint density at radius 3 is 1.40 bits per heavy atom. The summed E-state index contributed by atoms with van der Waals surface area (Å²) in [6, 6.07) is 17.7. The molecule has 0 radical (unpaired) electrons. The predicted molar refractivity (Wildman–Crippen MR) is 177 cm³/mol. The normalized spacial score (nSPS) is 13.1. The monoisotopic (exact) mass is 629 g/mol. The van der Waals surface area contributed by atoms with Gasteiger partial charge in [0.05, 0.1) is 19.3 Å². The molecule has 0 aromatic heterocycles. The summed E-state index contributed by atoms with van der Waals surface area (Å²) in [5.74, 6) is -0.348. The average molecular weight is 630 g/mol. The van der Waals surface area contributed by atoms with Gasteiger partial charge in [-0.15, -0.1) is 4.90 Å². The molecule has 238 valence electrons. The van der Waals surface area contributed by atoms with E-state index in [1.807, 2.05) is 60.7 Å². The van der Waals surface area contributed by atoms with Crippen molar-refractivity contribution in [1.82, 2.24) is 4.90 Å². The Morgan fingerprint density at radius 2 is 1.07 bits per heavy atom. The number of benzene rings is 2. The second-order valence-corrected chi connectivity index (χ2v) is 23.3. The summed E-state index contributed by atoms with van der Waals surface area (Å²) in [7, 11) is -4.31. The fourth-order valence-corrected chi connectivity index (χ4v) is 5.32. The number of rotatable bonds is 11. The summed E-state index contributed by atoms with van der Waals surface area (Å²) in [5.41, 5.74) is 7.91. The van der Waals surface area contributed by atoms with Gasteiger partial charge in [-0.25, -0.2) is 14.6 Å². The van der Waals surface area contributed by atoms with Crippen LogP contribution in [0.3, 0.4) is 0 Å². The van der Waals surface area contributed by atoms with E-state index in [4.69, 9.17) is 24.1 Å². The van der Waals surface area contributed by atoms with Gasteiger partial charge in [-0.1, -0.05) is 102 Å². The van der Waals surface area contributed by atoms with E-state index in [9.17, 15) is 9.59 Å². The molecule has 11 heteroatoms. The zero-order valence-corrected chi connectivity index (χ0v) is 29.6. The van der Waals surface area contributed by atoms with Crippen LogP contribution in [-0.4, -0.2) is 58.9 Å². The van der Waals surface area contributed by atoms with Gasteiger partial charge in [0.15, 0.2) is 16.6 Å². The number of nitrogens with two attached hydrogens (primary N) is 1. The molecule has 2 aromatic rings. The van der Waals surface area contributed by atoms with E-state index < -0.39 is 34.9 Å². The van der Waals surface area contributed by atoms with Crippen molar-refractivity contribution in [2.45, 2.75) is 97.1 Å². The number of imide groups is 1. The quantitative estimate of drug-likeness (QED) is 0.154. The van der Waals surface area contributed by atoms with E-state index in [0.717, 1.165) is 11.1 Å². The minimum Gasteiger partial charge on any atom is -0.444 e. The number of carbonyl (C=O) groups is 2. The van der Waals surface area contributed by atoms with Gasteiger partial charge >= 0.3 is 12.2 Å². The van der Waals surface area contributed by atoms with Crippen molar-refractivity contribution in [3.05, 3.63) is 71.8 Å². The van der Waals surface area contributed by atoms with Crippen LogP contribution in [0.1, 0.15) is 52.7 Å². The van der Waals surface area contributed by atoms with E-state index >= 15 is 0 Å². The van der Waals surface area contributed by atoms with Gasteiger partial charge in [-0.2, -0.15) is 0 Å². The zero-order valence-electron chi connectivity index (χ0n) is 27.6. The van der Waals surface area contributed by atoms with Crippen LogP contribution in [-0.2, 0) is 31.5 Å². The lowest BCUT2D eigenvalue weighted by molar-refractivity contribution is 0.0883. The lowest BCUT2D eigenvalue weighted by Crippen LogP contribution is -2.49. The van der Waals surface area contributed by atoms with Crippen LogP contribution in [0.4, 0.5) is 9.59 Å². The summed E-state index contributed by atoms with van der Waals surface area (Å²) in [6.07, 6.45) is -1.98. The first-order valence-corrected chi connectivity index (χ1v) is 20.5. The van der Waals surface area contributed by atoms with Gasteiger partial charge < -0.3 is 24.1 Å². The number of hydrogen-bond acceptors (Lipinski definition) is 7. The Morgan fingerprint density at radius 1 is 0.721 bits per heavy atom. The number of nitrogens with zero attached hydrogens (tertiary/aromatic N) is 2. The minimum atomic E-state index is -2.15. The molecule has 2 aromatic carbocycles. The molecule has 0 spiro atoms. The fraction of sp³-hybridized carbons (Fsp3) is 0.531. The number of ether oxygens (including phenoxy) is 2. The molecule has 43 heavy (non-hydrogen) atoms. The van der Waals surface area contributed by atoms with Gasteiger partial charge in [0, 0.05) is 0 Å². The van der Waals surface area contributed by atoms with Crippen LogP contribution < -0.4 is 5.73 Å². The number of amides is 2. The van der Waals surface area contributed by atoms with Gasteiger partial charge in [-0.05, 0) is 47.4 Å².